The molecule has 0 aromatic rings. The van der Waals surface area contributed by atoms with Gasteiger partial charge in [-0.3, -0.25) is 9.79 Å². The first-order chi connectivity index (χ1) is 11.9. The number of rotatable bonds is 10. The molecule has 1 fully saturated rings. The van der Waals surface area contributed by atoms with Crippen molar-refractivity contribution in [3.8, 4) is 0 Å². The third kappa shape index (κ3) is 8.90. The lowest BCUT2D eigenvalue weighted by molar-refractivity contribution is -0.121. The van der Waals surface area contributed by atoms with E-state index in [9.17, 15) is 13.2 Å². The summed E-state index contributed by atoms with van der Waals surface area (Å²) in [6, 6.07) is -0.241. The highest BCUT2D eigenvalue weighted by atomic mass is 32.2. The van der Waals surface area contributed by atoms with Gasteiger partial charge in [0.15, 0.2) is 15.8 Å². The first kappa shape index (κ1) is 21.5. The van der Waals surface area contributed by atoms with Crippen LogP contribution in [0.4, 0.5) is 0 Å². The molecule has 0 saturated carbocycles. The summed E-state index contributed by atoms with van der Waals surface area (Å²) in [4.78, 5) is 18.2. The van der Waals surface area contributed by atoms with Crippen LogP contribution < -0.4 is 10.6 Å². The second-order valence-corrected chi connectivity index (χ2v) is 8.68. The van der Waals surface area contributed by atoms with E-state index in [1.54, 1.807) is 7.05 Å². The van der Waals surface area contributed by atoms with Gasteiger partial charge in [0, 0.05) is 39.6 Å². The first-order valence-electron chi connectivity index (χ1n) is 8.90. The van der Waals surface area contributed by atoms with Crippen molar-refractivity contribution in [3.63, 3.8) is 0 Å². The maximum Gasteiger partial charge on any atom is 0.222 e. The molecule has 8 heteroatoms. The molecule has 0 aromatic carbocycles. The summed E-state index contributed by atoms with van der Waals surface area (Å²) in [5.41, 5.74) is 0. The van der Waals surface area contributed by atoms with E-state index in [1.807, 2.05) is 13.1 Å². The third-order valence-corrected chi connectivity index (χ3v) is 5.98. The second-order valence-electron chi connectivity index (χ2n) is 6.45. The Balaban J connectivity index is 2.21. The van der Waals surface area contributed by atoms with Gasteiger partial charge in [-0.25, -0.2) is 8.42 Å². The SMILES string of the molecule is C=CCCCCCN(C)C(=NC)NCCC(=O)NC1CCS(=O)(=O)C1. The molecular weight excluding hydrogens is 340 g/mol. The second kappa shape index (κ2) is 11.1. The van der Waals surface area contributed by atoms with E-state index in [-0.39, 0.29) is 23.5 Å². The van der Waals surface area contributed by atoms with Crippen molar-refractivity contribution in [1.29, 1.82) is 0 Å². The highest BCUT2D eigenvalue weighted by Crippen LogP contribution is 2.11. The third-order valence-electron chi connectivity index (χ3n) is 4.21. The van der Waals surface area contributed by atoms with Gasteiger partial charge in [0.1, 0.15) is 0 Å². The highest BCUT2D eigenvalue weighted by molar-refractivity contribution is 7.91. The molecule has 1 aliphatic heterocycles. The van der Waals surface area contributed by atoms with Crippen LogP contribution in [0.25, 0.3) is 0 Å². The number of sulfone groups is 1. The maximum atomic E-state index is 11.9. The minimum atomic E-state index is -2.97. The van der Waals surface area contributed by atoms with E-state index in [1.165, 1.54) is 0 Å². The normalized spacial score (nSPS) is 19.4. The van der Waals surface area contributed by atoms with Gasteiger partial charge < -0.3 is 15.5 Å². The van der Waals surface area contributed by atoms with Crippen LogP contribution in [0.5, 0.6) is 0 Å². The molecule has 25 heavy (non-hydrogen) atoms. The molecule has 0 bridgehead atoms. The molecule has 1 saturated heterocycles. The number of guanidine groups is 1. The number of nitrogens with one attached hydrogen (secondary N) is 2. The van der Waals surface area contributed by atoms with Gasteiger partial charge in [0.2, 0.25) is 5.91 Å². The van der Waals surface area contributed by atoms with Gasteiger partial charge in [-0.05, 0) is 25.7 Å². The molecule has 1 unspecified atom stereocenters. The molecule has 1 aliphatic rings. The van der Waals surface area contributed by atoms with Crippen LogP contribution in [0.3, 0.4) is 0 Å². The monoisotopic (exact) mass is 372 g/mol. The number of hydrogen-bond donors (Lipinski definition) is 2. The van der Waals surface area contributed by atoms with Crippen molar-refractivity contribution in [3.05, 3.63) is 12.7 Å². The fourth-order valence-electron chi connectivity index (χ4n) is 2.80. The Morgan fingerprint density at radius 1 is 1.36 bits per heavy atom. The largest absolute Gasteiger partial charge is 0.356 e. The van der Waals surface area contributed by atoms with Crippen molar-refractivity contribution in [1.82, 2.24) is 15.5 Å². The molecule has 0 aliphatic carbocycles. The Bertz CT molecular complexity index is 560. The van der Waals surface area contributed by atoms with Gasteiger partial charge in [-0.1, -0.05) is 12.5 Å². The summed E-state index contributed by atoms with van der Waals surface area (Å²) in [6.45, 7) is 5.10. The zero-order valence-electron chi connectivity index (χ0n) is 15.5. The molecule has 1 amide bonds. The lowest BCUT2D eigenvalue weighted by Gasteiger charge is -2.22. The quantitative estimate of drug-likeness (QED) is 0.258. The Kier molecular flexibility index (Phi) is 9.55. The summed E-state index contributed by atoms with van der Waals surface area (Å²) in [5, 5.41) is 5.96. The van der Waals surface area contributed by atoms with Gasteiger partial charge in [-0.15, -0.1) is 6.58 Å². The molecule has 144 valence electrons. The fraction of sp³-hybridized carbons (Fsp3) is 0.765. The molecule has 0 aromatic heterocycles. The van der Waals surface area contributed by atoms with E-state index >= 15 is 0 Å². The predicted octanol–water partition coefficient (Wildman–Crippen LogP) is 0.933. The van der Waals surface area contributed by atoms with Crippen molar-refractivity contribution < 1.29 is 13.2 Å². The molecule has 7 nitrogen and oxygen atoms in total. The molecule has 2 N–H and O–H groups in total. The van der Waals surface area contributed by atoms with Crippen LogP contribution in [0, 0.1) is 0 Å². The summed E-state index contributed by atoms with van der Waals surface area (Å²) < 4.78 is 22.8. The highest BCUT2D eigenvalue weighted by Gasteiger charge is 2.28. The number of allylic oxidation sites excluding steroid dienone is 1. The van der Waals surface area contributed by atoms with E-state index < -0.39 is 9.84 Å². The van der Waals surface area contributed by atoms with Gasteiger partial charge in [-0.2, -0.15) is 0 Å². The maximum absolute atomic E-state index is 11.9. The van der Waals surface area contributed by atoms with E-state index in [2.05, 4.69) is 27.1 Å². The Hall–Kier alpha value is -1.57. The van der Waals surface area contributed by atoms with E-state index in [4.69, 9.17) is 0 Å². The Labute approximate surface area is 151 Å². The zero-order chi connectivity index (χ0) is 18.7. The number of hydrogen-bond acceptors (Lipinski definition) is 4. The minimum Gasteiger partial charge on any atom is -0.356 e. The van der Waals surface area contributed by atoms with Crippen molar-refractivity contribution in [2.45, 2.75) is 44.6 Å². The Morgan fingerprint density at radius 3 is 2.72 bits per heavy atom. The molecular formula is C17H32N4O3S. The Morgan fingerprint density at radius 2 is 2.12 bits per heavy atom. The minimum absolute atomic E-state index is 0.0580. The van der Waals surface area contributed by atoms with Gasteiger partial charge in [0.25, 0.3) is 0 Å². The molecule has 1 atom stereocenters. The van der Waals surface area contributed by atoms with Gasteiger partial charge in [0.05, 0.1) is 11.5 Å². The number of aliphatic imine (C=N–C) groups is 1. The summed E-state index contributed by atoms with van der Waals surface area (Å²) >= 11 is 0. The summed E-state index contributed by atoms with van der Waals surface area (Å²) in [6.07, 6.45) is 7.19. The first-order valence-corrected chi connectivity index (χ1v) is 10.7. The average molecular weight is 373 g/mol. The number of unbranched alkanes of at least 4 members (excludes halogenated alkanes) is 3. The lowest BCUT2D eigenvalue weighted by Crippen LogP contribution is -2.42. The number of carbonyl (C=O) groups excluding carboxylic acids is 1. The average Bonchev–Trinajstić information content (AvgIpc) is 2.89. The van der Waals surface area contributed by atoms with Gasteiger partial charge >= 0.3 is 0 Å². The number of amides is 1. The summed E-state index contributed by atoms with van der Waals surface area (Å²) in [5.74, 6) is 0.861. The summed E-state index contributed by atoms with van der Waals surface area (Å²) in [7, 11) is 0.734. The van der Waals surface area contributed by atoms with Crippen LogP contribution in [-0.2, 0) is 14.6 Å². The molecule has 1 heterocycles. The van der Waals surface area contributed by atoms with E-state index in [0.717, 1.165) is 38.2 Å². The van der Waals surface area contributed by atoms with Crippen LogP contribution >= 0.6 is 0 Å². The zero-order valence-corrected chi connectivity index (χ0v) is 16.3. The van der Waals surface area contributed by atoms with Crippen LogP contribution in [0.2, 0.25) is 0 Å². The molecule has 0 spiro atoms. The predicted molar refractivity (Wildman–Crippen MR) is 102 cm³/mol. The number of nitrogens with zero attached hydrogens (tertiary/aromatic N) is 2. The van der Waals surface area contributed by atoms with Crippen molar-refractivity contribution in [2.75, 3.05) is 38.7 Å². The van der Waals surface area contributed by atoms with Crippen molar-refractivity contribution in [2.24, 2.45) is 4.99 Å². The standard InChI is InChI=1S/C17H32N4O3S/c1-4-5-6-7-8-12-21(3)17(18-2)19-11-9-16(22)20-15-10-13-25(23,24)14-15/h4,15H,1,5-14H2,2-3H3,(H,18,19)(H,20,22). The topological polar surface area (TPSA) is 90.9 Å². The molecule has 0 radical (unpaired) electrons. The lowest BCUT2D eigenvalue weighted by atomic mass is 10.2. The van der Waals surface area contributed by atoms with Crippen LogP contribution in [0.1, 0.15) is 38.5 Å². The van der Waals surface area contributed by atoms with Crippen molar-refractivity contribution >= 4 is 21.7 Å². The van der Waals surface area contributed by atoms with Crippen LogP contribution in [0.15, 0.2) is 17.6 Å². The molecule has 1 rings (SSSR count). The smallest absolute Gasteiger partial charge is 0.222 e. The van der Waals surface area contributed by atoms with Crippen LogP contribution in [-0.4, -0.2) is 69.9 Å². The fourth-order valence-corrected chi connectivity index (χ4v) is 4.47. The number of carbonyl (C=O) groups is 1. The van der Waals surface area contributed by atoms with E-state index in [0.29, 0.717) is 19.4 Å².